The largest absolute Gasteiger partial charge is 0.478 e. The number of para-hydroxylation sites is 2. The number of carbonyl (C=O) groups is 3. The standard InChI is InChI=1S/C16H20N2O6/c1-10(15(20)17-7-8-22-2)23-14(19)9-13-16(21)18-11-5-3-4-6-12(11)24-13/h3-6,10,13H,7-9H2,1-2H3,(H,17,20)(H,18,21)/t10-,13-/m1/s1. The third-order valence-electron chi connectivity index (χ3n) is 3.34. The number of nitrogens with one attached hydrogen (secondary N) is 2. The molecule has 2 N–H and O–H groups in total. The van der Waals surface area contributed by atoms with Gasteiger partial charge in [0.1, 0.15) is 5.75 Å². The van der Waals surface area contributed by atoms with Gasteiger partial charge in [-0.25, -0.2) is 0 Å². The molecule has 2 rings (SSSR count). The maximum atomic E-state index is 11.9. The predicted octanol–water partition coefficient (Wildman–Crippen LogP) is 0.470. The molecular weight excluding hydrogens is 316 g/mol. The summed E-state index contributed by atoms with van der Waals surface area (Å²) in [5, 5.41) is 5.22. The minimum atomic E-state index is -0.990. The van der Waals surface area contributed by atoms with Crippen LogP contribution in [0.15, 0.2) is 24.3 Å². The first-order chi connectivity index (χ1) is 11.5. The van der Waals surface area contributed by atoms with Gasteiger partial charge >= 0.3 is 5.97 Å². The molecule has 0 bridgehead atoms. The maximum Gasteiger partial charge on any atom is 0.310 e. The van der Waals surface area contributed by atoms with Crippen LogP contribution in [0.2, 0.25) is 0 Å². The summed E-state index contributed by atoms with van der Waals surface area (Å²) in [6.45, 7) is 2.14. The highest BCUT2D eigenvalue weighted by Crippen LogP contribution is 2.29. The molecule has 0 aromatic heterocycles. The number of methoxy groups -OCH3 is 1. The normalized spacial score (nSPS) is 17.1. The molecule has 1 aliphatic rings. The van der Waals surface area contributed by atoms with Crippen molar-refractivity contribution in [2.24, 2.45) is 0 Å². The molecule has 0 saturated carbocycles. The van der Waals surface area contributed by atoms with E-state index in [1.807, 2.05) is 0 Å². The summed E-state index contributed by atoms with van der Waals surface area (Å²) in [4.78, 5) is 35.6. The number of carbonyl (C=O) groups excluding carboxylic acids is 3. The molecule has 1 heterocycles. The Kier molecular flexibility index (Phi) is 6.14. The van der Waals surface area contributed by atoms with Crippen LogP contribution in [0.1, 0.15) is 13.3 Å². The first-order valence-corrected chi connectivity index (χ1v) is 7.54. The van der Waals surface area contributed by atoms with E-state index >= 15 is 0 Å². The fourth-order valence-electron chi connectivity index (χ4n) is 2.10. The topological polar surface area (TPSA) is 103 Å². The van der Waals surface area contributed by atoms with Gasteiger partial charge in [-0.15, -0.1) is 0 Å². The Morgan fingerprint density at radius 3 is 2.88 bits per heavy atom. The minimum absolute atomic E-state index is 0.282. The summed E-state index contributed by atoms with van der Waals surface area (Å²) in [5.41, 5.74) is 0.554. The average Bonchev–Trinajstić information content (AvgIpc) is 2.55. The number of ether oxygens (including phenoxy) is 3. The molecule has 130 valence electrons. The lowest BCUT2D eigenvalue weighted by Gasteiger charge is -2.25. The van der Waals surface area contributed by atoms with E-state index in [0.29, 0.717) is 24.6 Å². The molecule has 0 saturated heterocycles. The Morgan fingerprint density at radius 1 is 1.38 bits per heavy atom. The van der Waals surface area contributed by atoms with Crippen molar-refractivity contribution in [3.05, 3.63) is 24.3 Å². The summed E-state index contributed by atoms with van der Waals surface area (Å²) in [5.74, 6) is -1.06. The SMILES string of the molecule is COCCNC(=O)[C@@H](C)OC(=O)C[C@H]1Oc2ccccc2NC1=O. The quantitative estimate of drug-likeness (QED) is 0.554. The average molecular weight is 336 g/mol. The molecule has 2 amide bonds. The highest BCUT2D eigenvalue weighted by molar-refractivity contribution is 5.99. The maximum absolute atomic E-state index is 11.9. The van der Waals surface area contributed by atoms with Gasteiger partial charge < -0.3 is 24.8 Å². The fourth-order valence-corrected chi connectivity index (χ4v) is 2.10. The number of hydrogen-bond acceptors (Lipinski definition) is 6. The fraction of sp³-hybridized carbons (Fsp3) is 0.438. The second-order valence-electron chi connectivity index (χ2n) is 5.21. The summed E-state index contributed by atoms with van der Waals surface area (Å²) >= 11 is 0. The third-order valence-corrected chi connectivity index (χ3v) is 3.34. The molecule has 8 nitrogen and oxygen atoms in total. The Hall–Kier alpha value is -2.61. The Morgan fingerprint density at radius 2 is 2.12 bits per heavy atom. The highest BCUT2D eigenvalue weighted by atomic mass is 16.6. The van der Waals surface area contributed by atoms with Crippen LogP contribution in [0.5, 0.6) is 5.75 Å². The number of rotatable bonds is 7. The number of fused-ring (bicyclic) bond motifs is 1. The van der Waals surface area contributed by atoms with Crippen LogP contribution in [-0.4, -0.2) is 50.3 Å². The summed E-state index contributed by atoms with van der Waals surface area (Å²) in [6.07, 6.45) is -2.24. The van der Waals surface area contributed by atoms with Crippen LogP contribution in [0, 0.1) is 0 Å². The molecular formula is C16H20N2O6. The van der Waals surface area contributed by atoms with E-state index in [1.54, 1.807) is 24.3 Å². The molecule has 8 heteroatoms. The van der Waals surface area contributed by atoms with Crippen molar-refractivity contribution in [2.75, 3.05) is 25.6 Å². The number of hydrogen-bond donors (Lipinski definition) is 2. The first-order valence-electron chi connectivity index (χ1n) is 7.54. The molecule has 0 radical (unpaired) electrons. The van der Waals surface area contributed by atoms with E-state index < -0.39 is 30.0 Å². The lowest BCUT2D eigenvalue weighted by Crippen LogP contribution is -2.41. The zero-order valence-corrected chi connectivity index (χ0v) is 13.5. The van der Waals surface area contributed by atoms with Crippen molar-refractivity contribution in [3.63, 3.8) is 0 Å². The van der Waals surface area contributed by atoms with Gasteiger partial charge in [0.15, 0.2) is 12.2 Å². The highest BCUT2D eigenvalue weighted by Gasteiger charge is 2.31. The van der Waals surface area contributed by atoms with Gasteiger partial charge in [-0.05, 0) is 19.1 Å². The van der Waals surface area contributed by atoms with E-state index in [0.717, 1.165) is 0 Å². The van der Waals surface area contributed by atoms with Crippen LogP contribution in [0.4, 0.5) is 5.69 Å². The van der Waals surface area contributed by atoms with Gasteiger partial charge in [0, 0.05) is 13.7 Å². The predicted molar refractivity (Wildman–Crippen MR) is 84.5 cm³/mol. The van der Waals surface area contributed by atoms with Crippen molar-refractivity contribution in [3.8, 4) is 5.75 Å². The zero-order chi connectivity index (χ0) is 17.5. The number of benzene rings is 1. The van der Waals surface area contributed by atoms with Crippen LogP contribution < -0.4 is 15.4 Å². The van der Waals surface area contributed by atoms with Gasteiger partial charge in [-0.1, -0.05) is 12.1 Å². The third kappa shape index (κ3) is 4.69. The molecule has 1 aromatic carbocycles. The monoisotopic (exact) mass is 336 g/mol. The van der Waals surface area contributed by atoms with Gasteiger partial charge in [-0.3, -0.25) is 14.4 Å². The number of anilines is 1. The van der Waals surface area contributed by atoms with E-state index in [2.05, 4.69) is 10.6 Å². The van der Waals surface area contributed by atoms with Crippen LogP contribution >= 0.6 is 0 Å². The number of amides is 2. The van der Waals surface area contributed by atoms with Crippen molar-refractivity contribution in [1.82, 2.24) is 5.32 Å². The Balaban J connectivity index is 1.84. The van der Waals surface area contributed by atoms with E-state index in [1.165, 1.54) is 14.0 Å². The molecule has 24 heavy (non-hydrogen) atoms. The summed E-state index contributed by atoms with van der Waals surface area (Å²) in [7, 11) is 1.52. The molecule has 0 fully saturated rings. The molecule has 0 aliphatic carbocycles. The first kappa shape index (κ1) is 17.7. The number of esters is 1. The van der Waals surface area contributed by atoms with Crippen LogP contribution in [0.25, 0.3) is 0 Å². The second kappa shape index (κ2) is 8.30. The van der Waals surface area contributed by atoms with Crippen molar-refractivity contribution in [2.45, 2.75) is 25.6 Å². The molecule has 1 aliphatic heterocycles. The summed E-state index contributed by atoms with van der Waals surface area (Å²) < 4.78 is 15.3. The lowest BCUT2D eigenvalue weighted by atomic mass is 10.1. The summed E-state index contributed by atoms with van der Waals surface area (Å²) in [6, 6.07) is 6.92. The van der Waals surface area contributed by atoms with Gasteiger partial charge in [0.05, 0.1) is 18.7 Å². The van der Waals surface area contributed by atoms with Crippen LogP contribution in [-0.2, 0) is 23.9 Å². The smallest absolute Gasteiger partial charge is 0.310 e. The molecule has 2 atom stereocenters. The Labute approximate surface area is 139 Å². The zero-order valence-electron chi connectivity index (χ0n) is 13.5. The van der Waals surface area contributed by atoms with Crippen molar-refractivity contribution in [1.29, 1.82) is 0 Å². The van der Waals surface area contributed by atoms with E-state index in [9.17, 15) is 14.4 Å². The van der Waals surface area contributed by atoms with E-state index in [4.69, 9.17) is 14.2 Å². The van der Waals surface area contributed by atoms with Crippen molar-refractivity contribution >= 4 is 23.5 Å². The van der Waals surface area contributed by atoms with E-state index in [-0.39, 0.29) is 6.42 Å². The molecule has 1 aromatic rings. The minimum Gasteiger partial charge on any atom is -0.478 e. The molecule has 0 spiro atoms. The second-order valence-corrected chi connectivity index (χ2v) is 5.21. The lowest BCUT2D eigenvalue weighted by molar-refractivity contribution is -0.157. The van der Waals surface area contributed by atoms with Gasteiger partial charge in [0.25, 0.3) is 11.8 Å². The molecule has 0 unspecified atom stereocenters. The van der Waals surface area contributed by atoms with Gasteiger partial charge in [0.2, 0.25) is 0 Å². The van der Waals surface area contributed by atoms with Crippen LogP contribution in [0.3, 0.4) is 0 Å². The van der Waals surface area contributed by atoms with Gasteiger partial charge in [-0.2, -0.15) is 0 Å². The van der Waals surface area contributed by atoms with Crippen molar-refractivity contribution < 1.29 is 28.6 Å². The Bertz CT molecular complexity index is 618.